The number of rotatable bonds is 6. The first-order valence-corrected chi connectivity index (χ1v) is 8.03. The Morgan fingerprint density at radius 1 is 1.50 bits per heavy atom. The summed E-state index contributed by atoms with van der Waals surface area (Å²) in [5.74, 6) is -0.635. The van der Waals surface area contributed by atoms with Gasteiger partial charge in [0.15, 0.2) is 5.76 Å². The van der Waals surface area contributed by atoms with Gasteiger partial charge in [-0.2, -0.15) is 0 Å². The summed E-state index contributed by atoms with van der Waals surface area (Å²) in [4.78, 5) is 11.4. The first-order chi connectivity index (χ1) is 7.38. The molecule has 1 aromatic rings. The largest absolute Gasteiger partial charge is 0.461 e. The number of ketones is 1. The molecule has 1 aromatic heterocycles. The van der Waals surface area contributed by atoms with Crippen LogP contribution < -0.4 is 0 Å². The minimum atomic E-state index is -3.14. The summed E-state index contributed by atoms with van der Waals surface area (Å²) in [5, 5.41) is 0. The first kappa shape index (κ1) is 13.1. The van der Waals surface area contributed by atoms with Crippen LogP contribution in [0, 0.1) is 0 Å². The highest BCUT2D eigenvalue weighted by Gasteiger charge is 2.14. The molecule has 16 heavy (non-hydrogen) atoms. The minimum absolute atomic E-state index is 0.0225. The summed E-state index contributed by atoms with van der Waals surface area (Å²) in [7, 11) is -4.61. The molecular formula is C9H12O5S2. The van der Waals surface area contributed by atoms with E-state index in [0.717, 1.165) is 6.26 Å². The third kappa shape index (κ3) is 4.71. The van der Waals surface area contributed by atoms with E-state index in [1.165, 1.54) is 12.3 Å². The number of sulfone groups is 1. The Kier molecular flexibility index (Phi) is 4.43. The molecule has 0 N–H and O–H groups in total. The molecule has 0 fully saturated rings. The van der Waals surface area contributed by atoms with Crippen molar-refractivity contribution in [3.8, 4) is 0 Å². The molecule has 0 spiro atoms. The molecule has 0 aromatic carbocycles. The van der Waals surface area contributed by atoms with Crippen LogP contribution in [-0.4, -0.2) is 41.9 Å². The van der Waals surface area contributed by atoms with Gasteiger partial charge in [-0.3, -0.25) is 9.00 Å². The van der Waals surface area contributed by atoms with Crippen LogP contribution in [0.4, 0.5) is 0 Å². The maximum atomic E-state index is 11.4. The average Bonchev–Trinajstić information content (AvgIpc) is 2.66. The van der Waals surface area contributed by atoms with Gasteiger partial charge in [0.1, 0.15) is 9.84 Å². The third-order valence-corrected chi connectivity index (χ3v) is 4.22. The van der Waals surface area contributed by atoms with Crippen molar-refractivity contribution in [2.24, 2.45) is 0 Å². The van der Waals surface area contributed by atoms with Gasteiger partial charge >= 0.3 is 0 Å². The summed E-state index contributed by atoms with van der Waals surface area (Å²) < 4.78 is 37.8. The Bertz CT molecular complexity index is 472. The van der Waals surface area contributed by atoms with Crippen LogP contribution in [0.5, 0.6) is 0 Å². The molecule has 5 nitrogen and oxygen atoms in total. The van der Waals surface area contributed by atoms with E-state index >= 15 is 0 Å². The van der Waals surface area contributed by atoms with Gasteiger partial charge in [0.25, 0.3) is 0 Å². The second-order valence-corrected chi connectivity index (χ2v) is 7.15. The van der Waals surface area contributed by atoms with Crippen LogP contribution >= 0.6 is 0 Å². The summed E-state index contributed by atoms with van der Waals surface area (Å²) in [6, 6.07) is 3.04. The summed E-state index contributed by atoms with van der Waals surface area (Å²) in [5.41, 5.74) is 0. The standard InChI is InChI=1S/C9H12O5S2/c1-16(12,13)6-5-15(11)7-8(10)9-3-2-4-14-9/h2-4H,5-7H2,1H3. The fourth-order valence-electron chi connectivity index (χ4n) is 0.971. The molecule has 0 aliphatic rings. The van der Waals surface area contributed by atoms with Crippen molar-refractivity contribution in [3.63, 3.8) is 0 Å². The zero-order valence-electron chi connectivity index (χ0n) is 8.71. The molecule has 0 radical (unpaired) electrons. The van der Waals surface area contributed by atoms with Crippen LogP contribution in [-0.2, 0) is 20.6 Å². The van der Waals surface area contributed by atoms with E-state index in [2.05, 4.69) is 0 Å². The van der Waals surface area contributed by atoms with E-state index in [-0.39, 0.29) is 28.8 Å². The maximum absolute atomic E-state index is 11.4. The second-order valence-electron chi connectivity index (χ2n) is 3.32. The smallest absolute Gasteiger partial charge is 0.210 e. The average molecular weight is 264 g/mol. The second kappa shape index (κ2) is 5.40. The lowest BCUT2D eigenvalue weighted by Crippen LogP contribution is -2.18. The minimum Gasteiger partial charge on any atom is -0.461 e. The highest BCUT2D eigenvalue weighted by molar-refractivity contribution is 7.92. The van der Waals surface area contributed by atoms with E-state index in [1.807, 2.05) is 0 Å². The molecule has 0 amide bonds. The van der Waals surface area contributed by atoms with Gasteiger partial charge in [-0.1, -0.05) is 0 Å². The van der Waals surface area contributed by atoms with Crippen LogP contribution in [0.15, 0.2) is 22.8 Å². The molecule has 0 bridgehead atoms. The number of carbonyl (C=O) groups excluding carboxylic acids is 1. The van der Waals surface area contributed by atoms with E-state index in [9.17, 15) is 17.4 Å². The van der Waals surface area contributed by atoms with Crippen molar-refractivity contribution in [2.75, 3.05) is 23.5 Å². The normalized spacial score (nSPS) is 13.6. The predicted molar refractivity (Wildman–Crippen MR) is 60.6 cm³/mol. The van der Waals surface area contributed by atoms with Gasteiger partial charge in [-0.05, 0) is 12.1 Å². The molecule has 0 aliphatic heterocycles. The molecule has 1 heterocycles. The van der Waals surface area contributed by atoms with E-state index in [1.54, 1.807) is 6.07 Å². The number of hydrogen-bond acceptors (Lipinski definition) is 5. The van der Waals surface area contributed by atoms with E-state index < -0.39 is 20.6 Å². The van der Waals surface area contributed by atoms with E-state index in [0.29, 0.717) is 0 Å². The molecule has 1 unspecified atom stereocenters. The van der Waals surface area contributed by atoms with Crippen molar-refractivity contribution in [1.82, 2.24) is 0 Å². The third-order valence-electron chi connectivity index (χ3n) is 1.77. The summed E-state index contributed by atoms with van der Waals surface area (Å²) in [6.45, 7) is 0. The molecule has 1 rings (SSSR count). The highest BCUT2D eigenvalue weighted by Crippen LogP contribution is 2.02. The number of furan rings is 1. The monoisotopic (exact) mass is 264 g/mol. The van der Waals surface area contributed by atoms with Gasteiger partial charge in [0.05, 0.1) is 17.8 Å². The Morgan fingerprint density at radius 3 is 2.69 bits per heavy atom. The first-order valence-electron chi connectivity index (χ1n) is 4.48. The molecule has 0 saturated heterocycles. The number of Topliss-reactive ketones (excluding diaryl/α,β-unsaturated/α-hetero) is 1. The van der Waals surface area contributed by atoms with Crippen LogP contribution in [0.3, 0.4) is 0 Å². The Hall–Kier alpha value is -0.950. The van der Waals surface area contributed by atoms with Crippen molar-refractivity contribution in [1.29, 1.82) is 0 Å². The van der Waals surface area contributed by atoms with E-state index in [4.69, 9.17) is 4.42 Å². The van der Waals surface area contributed by atoms with Gasteiger partial charge in [0.2, 0.25) is 5.78 Å². The summed E-state index contributed by atoms with van der Waals surface area (Å²) >= 11 is 0. The SMILES string of the molecule is CS(=O)(=O)CCS(=O)CC(=O)c1ccco1. The van der Waals surface area contributed by atoms with Gasteiger partial charge < -0.3 is 4.42 Å². The quantitative estimate of drug-likeness (QED) is 0.688. The molecule has 0 aliphatic carbocycles. The van der Waals surface area contributed by atoms with Crippen molar-refractivity contribution in [3.05, 3.63) is 24.2 Å². The van der Waals surface area contributed by atoms with Crippen molar-refractivity contribution >= 4 is 26.4 Å². The van der Waals surface area contributed by atoms with Crippen molar-refractivity contribution in [2.45, 2.75) is 0 Å². The lowest BCUT2D eigenvalue weighted by atomic mass is 10.3. The molecule has 90 valence electrons. The van der Waals surface area contributed by atoms with Gasteiger partial charge in [0, 0.05) is 22.8 Å². The molecule has 7 heteroatoms. The Morgan fingerprint density at radius 2 is 2.19 bits per heavy atom. The zero-order chi connectivity index (χ0) is 12.2. The van der Waals surface area contributed by atoms with Crippen LogP contribution in [0.25, 0.3) is 0 Å². The van der Waals surface area contributed by atoms with Crippen molar-refractivity contribution < 1.29 is 21.8 Å². The van der Waals surface area contributed by atoms with Crippen LogP contribution in [0.1, 0.15) is 10.6 Å². The van der Waals surface area contributed by atoms with Gasteiger partial charge in [-0.15, -0.1) is 0 Å². The number of hydrogen-bond donors (Lipinski definition) is 0. The lowest BCUT2D eigenvalue weighted by Gasteiger charge is -1.99. The van der Waals surface area contributed by atoms with Gasteiger partial charge in [-0.25, -0.2) is 8.42 Å². The Labute approximate surface area is 96.2 Å². The maximum Gasteiger partial charge on any atom is 0.210 e. The predicted octanol–water partition coefficient (Wildman–Crippen LogP) is 0.256. The fourth-order valence-corrected chi connectivity index (χ4v) is 3.50. The molecular weight excluding hydrogens is 252 g/mol. The zero-order valence-corrected chi connectivity index (χ0v) is 10.3. The highest BCUT2D eigenvalue weighted by atomic mass is 32.2. The number of carbonyl (C=O) groups is 1. The van der Waals surface area contributed by atoms with Crippen LogP contribution in [0.2, 0.25) is 0 Å². The summed E-state index contributed by atoms with van der Waals surface area (Å²) in [6.07, 6.45) is 2.42. The topological polar surface area (TPSA) is 81.4 Å². The molecule has 0 saturated carbocycles. The fraction of sp³-hybridized carbons (Fsp3) is 0.444. The Balaban J connectivity index is 2.44. The lowest BCUT2D eigenvalue weighted by molar-refractivity contribution is 0.0991. The molecule has 1 atom stereocenters.